The van der Waals surface area contributed by atoms with E-state index in [1.807, 2.05) is 63.1 Å². The number of fused-ring (bicyclic) bond motifs is 1. The topological polar surface area (TPSA) is 108 Å². The molecule has 7 nitrogen and oxygen atoms in total. The fourth-order valence-corrected chi connectivity index (χ4v) is 2.98. The molecule has 1 aliphatic heterocycles. The average Bonchev–Trinajstić information content (AvgIpc) is 3.52. The molecule has 3 amide bonds. The SMILES string of the molecule is CC.CC.CSSC.NC=O.O=CNC(Cc1c[nH]c2ccccc12)C(=O)N1CCCC1. The lowest BCUT2D eigenvalue weighted by Gasteiger charge is -2.22. The molecule has 2 aromatic rings. The summed E-state index contributed by atoms with van der Waals surface area (Å²) in [5, 5.41) is 3.78. The smallest absolute Gasteiger partial charge is 0.245 e. The Morgan fingerprint density at radius 3 is 2.16 bits per heavy atom. The van der Waals surface area contributed by atoms with Crippen LogP contribution in [-0.2, 0) is 20.8 Å². The van der Waals surface area contributed by atoms with E-state index in [1.54, 1.807) is 21.6 Å². The first-order valence-corrected chi connectivity index (χ1v) is 13.8. The van der Waals surface area contributed by atoms with Crippen LogP contribution in [0, 0.1) is 0 Å². The summed E-state index contributed by atoms with van der Waals surface area (Å²) in [6, 6.07) is 7.49. The van der Waals surface area contributed by atoms with E-state index in [1.165, 1.54) is 0 Å². The largest absolute Gasteiger partial charge is 0.372 e. The standard InChI is InChI=1S/C16H19N3O2.C2H6S2.2C2H6.CH3NO/c20-11-18-15(16(21)19-7-3-4-8-19)9-12-10-17-14-6-2-1-5-13(12)14;1-3-4-2;2*1-2;2-1-3/h1-2,5-6,10-11,15,17H,3-4,7-9H2,(H,18,20);1-2H3;2*1-2H3;1H,(H2,2,3). The van der Waals surface area contributed by atoms with E-state index >= 15 is 0 Å². The van der Waals surface area contributed by atoms with Crippen LogP contribution in [0.25, 0.3) is 10.9 Å². The van der Waals surface area contributed by atoms with Crippen LogP contribution >= 0.6 is 21.6 Å². The Labute approximate surface area is 201 Å². The molecule has 1 aromatic heterocycles. The number of rotatable bonds is 6. The summed E-state index contributed by atoms with van der Waals surface area (Å²) in [7, 11) is 3.55. The monoisotopic (exact) mass is 484 g/mol. The van der Waals surface area contributed by atoms with Gasteiger partial charge in [0.15, 0.2) is 0 Å². The number of H-pyrrole nitrogens is 1. The molecule has 2 heterocycles. The van der Waals surface area contributed by atoms with Crippen molar-refractivity contribution in [2.75, 3.05) is 25.6 Å². The summed E-state index contributed by atoms with van der Waals surface area (Å²) in [5.41, 5.74) is 6.27. The molecule has 3 rings (SSSR count). The zero-order valence-electron chi connectivity index (χ0n) is 20.2. The summed E-state index contributed by atoms with van der Waals surface area (Å²) in [5.74, 6) is 0.0184. The Morgan fingerprint density at radius 1 is 1.12 bits per heavy atom. The molecule has 1 aliphatic rings. The van der Waals surface area contributed by atoms with E-state index in [9.17, 15) is 9.59 Å². The Kier molecular flexibility index (Phi) is 22.1. The van der Waals surface area contributed by atoms with Gasteiger partial charge in [0.05, 0.1) is 0 Å². The van der Waals surface area contributed by atoms with Gasteiger partial charge in [-0.2, -0.15) is 0 Å². The van der Waals surface area contributed by atoms with Crippen LogP contribution in [0.4, 0.5) is 0 Å². The van der Waals surface area contributed by atoms with Crippen LogP contribution in [0.1, 0.15) is 46.1 Å². The number of hydrogen-bond acceptors (Lipinski definition) is 5. The van der Waals surface area contributed by atoms with Crippen molar-refractivity contribution in [1.29, 1.82) is 0 Å². The maximum Gasteiger partial charge on any atom is 0.245 e. The zero-order valence-corrected chi connectivity index (χ0v) is 21.9. The second kappa shape index (κ2) is 22.1. The van der Waals surface area contributed by atoms with Gasteiger partial charge in [-0.15, -0.1) is 0 Å². The number of carbonyl (C=O) groups excluding carboxylic acids is 3. The number of hydrogen-bond donors (Lipinski definition) is 3. The Hall–Kier alpha value is -2.13. The van der Waals surface area contributed by atoms with Gasteiger partial charge in [0.2, 0.25) is 18.7 Å². The molecule has 0 aliphatic carbocycles. The average molecular weight is 485 g/mol. The third-order valence-corrected chi connectivity index (χ3v) is 5.58. The minimum atomic E-state index is -0.486. The van der Waals surface area contributed by atoms with E-state index < -0.39 is 6.04 Å². The summed E-state index contributed by atoms with van der Waals surface area (Å²) in [6.45, 7) is 9.59. The number of nitrogens with one attached hydrogen (secondary N) is 2. The normalized spacial score (nSPS) is 12.2. The minimum Gasteiger partial charge on any atom is -0.372 e. The second-order valence-electron chi connectivity index (χ2n) is 5.90. The van der Waals surface area contributed by atoms with E-state index in [-0.39, 0.29) is 12.3 Å². The first-order chi connectivity index (χ1) is 15.6. The molecule has 4 N–H and O–H groups in total. The third-order valence-electron chi connectivity index (χ3n) is 4.25. The van der Waals surface area contributed by atoms with Gasteiger partial charge in [-0.05, 0) is 37.0 Å². The van der Waals surface area contributed by atoms with E-state index in [0.29, 0.717) is 12.8 Å². The molecule has 0 saturated carbocycles. The second-order valence-corrected chi connectivity index (χ2v) is 8.57. The van der Waals surface area contributed by atoms with Crippen LogP contribution in [0.2, 0.25) is 0 Å². The van der Waals surface area contributed by atoms with Crippen LogP contribution in [-0.4, -0.2) is 60.3 Å². The zero-order chi connectivity index (χ0) is 24.8. The number of carbonyl (C=O) groups is 3. The number of amides is 3. The molecule has 0 spiro atoms. The number of aromatic nitrogens is 1. The van der Waals surface area contributed by atoms with Crippen LogP contribution in [0.3, 0.4) is 0 Å². The van der Waals surface area contributed by atoms with Gasteiger partial charge in [0.1, 0.15) is 6.04 Å². The number of likely N-dealkylation sites (tertiary alicyclic amines) is 1. The van der Waals surface area contributed by atoms with Gasteiger partial charge in [0.25, 0.3) is 0 Å². The number of nitrogens with zero attached hydrogens (tertiary/aromatic N) is 1. The quantitative estimate of drug-likeness (QED) is 0.420. The molecule has 0 radical (unpaired) electrons. The predicted octanol–water partition coefficient (Wildman–Crippen LogP) is 4.23. The Morgan fingerprint density at radius 2 is 1.66 bits per heavy atom. The van der Waals surface area contributed by atoms with Gasteiger partial charge in [-0.1, -0.05) is 67.5 Å². The van der Waals surface area contributed by atoms with Gasteiger partial charge in [0, 0.05) is 36.6 Å². The van der Waals surface area contributed by atoms with Gasteiger partial charge < -0.3 is 20.9 Å². The molecule has 182 valence electrons. The van der Waals surface area contributed by atoms with E-state index in [2.05, 4.69) is 28.5 Å². The Bertz CT molecular complexity index is 733. The number of nitrogens with two attached hydrogens (primary N) is 1. The lowest BCUT2D eigenvalue weighted by atomic mass is 10.0. The molecule has 1 aromatic carbocycles. The van der Waals surface area contributed by atoms with Gasteiger partial charge in [-0.3, -0.25) is 14.4 Å². The molecule has 1 fully saturated rings. The predicted molar refractivity (Wildman–Crippen MR) is 141 cm³/mol. The van der Waals surface area contributed by atoms with Crippen molar-refractivity contribution in [3.8, 4) is 0 Å². The highest BCUT2D eigenvalue weighted by atomic mass is 33.1. The molecule has 32 heavy (non-hydrogen) atoms. The highest BCUT2D eigenvalue weighted by molar-refractivity contribution is 8.76. The van der Waals surface area contributed by atoms with Crippen molar-refractivity contribution >= 4 is 51.2 Å². The maximum atomic E-state index is 12.5. The Balaban J connectivity index is 0. The van der Waals surface area contributed by atoms with E-state index in [4.69, 9.17) is 4.79 Å². The van der Waals surface area contributed by atoms with Crippen molar-refractivity contribution in [3.63, 3.8) is 0 Å². The van der Waals surface area contributed by atoms with E-state index in [0.717, 1.165) is 42.4 Å². The van der Waals surface area contributed by atoms with Gasteiger partial charge >= 0.3 is 0 Å². The lowest BCUT2D eigenvalue weighted by Crippen LogP contribution is -2.46. The molecule has 1 unspecified atom stereocenters. The summed E-state index contributed by atoms with van der Waals surface area (Å²) in [4.78, 5) is 37.0. The lowest BCUT2D eigenvalue weighted by molar-refractivity contribution is -0.133. The maximum absolute atomic E-state index is 12.5. The highest BCUT2D eigenvalue weighted by Gasteiger charge is 2.26. The van der Waals surface area contributed by atoms with Crippen LogP contribution in [0.15, 0.2) is 30.5 Å². The molecule has 1 saturated heterocycles. The minimum absolute atomic E-state index is 0.0184. The van der Waals surface area contributed by atoms with Crippen LogP contribution < -0.4 is 11.1 Å². The van der Waals surface area contributed by atoms with Crippen LogP contribution in [0.5, 0.6) is 0 Å². The highest BCUT2D eigenvalue weighted by Crippen LogP contribution is 2.20. The molecule has 1 atom stereocenters. The number of benzene rings is 1. The van der Waals surface area contributed by atoms with Crippen molar-refractivity contribution in [2.45, 2.75) is 53.0 Å². The summed E-state index contributed by atoms with van der Waals surface area (Å²) in [6.07, 6.45) is 9.52. The number of primary amides is 1. The number of para-hydroxylation sites is 1. The fraction of sp³-hybridized carbons (Fsp3) is 0.522. The first-order valence-electron chi connectivity index (χ1n) is 10.9. The molecule has 9 heteroatoms. The molecular weight excluding hydrogens is 444 g/mol. The fourth-order valence-electron chi connectivity index (χ4n) is 2.98. The molecule has 0 bridgehead atoms. The summed E-state index contributed by atoms with van der Waals surface area (Å²) >= 11 is 0. The number of aromatic amines is 1. The van der Waals surface area contributed by atoms with Crippen molar-refractivity contribution in [2.24, 2.45) is 5.73 Å². The first kappa shape index (κ1) is 32.1. The van der Waals surface area contributed by atoms with Crippen molar-refractivity contribution < 1.29 is 14.4 Å². The third kappa shape index (κ3) is 12.0. The molecular formula is C23H40N4O3S2. The van der Waals surface area contributed by atoms with Gasteiger partial charge in [-0.25, -0.2) is 0 Å². The van der Waals surface area contributed by atoms with Crippen molar-refractivity contribution in [3.05, 3.63) is 36.0 Å². The summed E-state index contributed by atoms with van der Waals surface area (Å²) < 4.78 is 0. The van der Waals surface area contributed by atoms with Crippen molar-refractivity contribution in [1.82, 2.24) is 15.2 Å².